The SMILES string of the molecule is Cc1nc(N)sc1S(=O)(=O)NCC1CCN(C)C1. The Morgan fingerprint density at radius 3 is 2.83 bits per heavy atom. The van der Waals surface area contributed by atoms with Crippen LogP contribution in [0.5, 0.6) is 0 Å². The van der Waals surface area contributed by atoms with Crippen LogP contribution < -0.4 is 10.5 Å². The monoisotopic (exact) mass is 290 g/mol. The summed E-state index contributed by atoms with van der Waals surface area (Å²) in [5, 5.41) is 0.286. The highest BCUT2D eigenvalue weighted by Crippen LogP contribution is 2.25. The first-order valence-corrected chi connectivity index (χ1v) is 8.09. The summed E-state index contributed by atoms with van der Waals surface area (Å²) in [6.07, 6.45) is 1.03. The van der Waals surface area contributed by atoms with Crippen LogP contribution in [-0.4, -0.2) is 45.0 Å². The minimum atomic E-state index is -3.47. The lowest BCUT2D eigenvalue weighted by Crippen LogP contribution is -2.30. The van der Waals surface area contributed by atoms with Crippen LogP contribution in [0.15, 0.2) is 4.21 Å². The first kappa shape index (κ1) is 13.7. The molecule has 0 amide bonds. The zero-order valence-corrected chi connectivity index (χ0v) is 12.1. The maximum atomic E-state index is 12.1. The lowest BCUT2D eigenvalue weighted by atomic mass is 10.1. The average Bonchev–Trinajstić information content (AvgIpc) is 2.82. The molecule has 18 heavy (non-hydrogen) atoms. The molecule has 0 aromatic carbocycles. The molecule has 1 aliphatic rings. The molecule has 1 fully saturated rings. The number of rotatable bonds is 4. The summed E-state index contributed by atoms with van der Waals surface area (Å²) in [5.41, 5.74) is 5.99. The number of aryl methyl sites for hydroxylation is 1. The van der Waals surface area contributed by atoms with E-state index in [4.69, 9.17) is 5.73 Å². The number of hydrogen-bond donors (Lipinski definition) is 2. The number of nitrogens with one attached hydrogen (secondary N) is 1. The average molecular weight is 290 g/mol. The van der Waals surface area contributed by atoms with Gasteiger partial charge in [-0.2, -0.15) is 0 Å². The molecule has 0 spiro atoms. The number of nitrogen functional groups attached to an aromatic ring is 1. The highest BCUT2D eigenvalue weighted by Gasteiger charge is 2.25. The van der Waals surface area contributed by atoms with Crippen molar-refractivity contribution in [1.29, 1.82) is 0 Å². The molecule has 6 nitrogen and oxygen atoms in total. The molecule has 102 valence electrons. The van der Waals surface area contributed by atoms with Crippen LogP contribution in [0, 0.1) is 12.8 Å². The van der Waals surface area contributed by atoms with Gasteiger partial charge in [-0.3, -0.25) is 0 Å². The third-order valence-corrected chi connectivity index (χ3v) is 6.09. The number of thiazole rings is 1. The largest absolute Gasteiger partial charge is 0.375 e. The molecule has 2 rings (SSSR count). The summed E-state index contributed by atoms with van der Waals surface area (Å²) in [7, 11) is -1.42. The van der Waals surface area contributed by atoms with E-state index in [2.05, 4.69) is 14.6 Å². The van der Waals surface area contributed by atoms with Crippen molar-refractivity contribution < 1.29 is 8.42 Å². The van der Waals surface area contributed by atoms with Gasteiger partial charge in [0.15, 0.2) is 9.34 Å². The molecule has 8 heteroatoms. The standard InChI is InChI=1S/C10H18N4O2S2/c1-7-9(17-10(11)13-7)18(15,16)12-5-8-3-4-14(2)6-8/h8,12H,3-6H2,1-2H3,(H2,11,13). The van der Waals surface area contributed by atoms with Gasteiger partial charge in [0.25, 0.3) is 10.0 Å². The Morgan fingerprint density at radius 2 is 2.33 bits per heavy atom. The van der Waals surface area contributed by atoms with E-state index in [0.29, 0.717) is 18.2 Å². The van der Waals surface area contributed by atoms with Gasteiger partial charge >= 0.3 is 0 Å². The first-order chi connectivity index (χ1) is 8.38. The van der Waals surface area contributed by atoms with Gasteiger partial charge in [0.05, 0.1) is 5.69 Å². The summed E-state index contributed by atoms with van der Waals surface area (Å²) in [6, 6.07) is 0. The van der Waals surface area contributed by atoms with Gasteiger partial charge in [0.1, 0.15) is 0 Å². The number of aromatic nitrogens is 1. The Kier molecular flexibility index (Phi) is 3.90. The summed E-state index contributed by atoms with van der Waals surface area (Å²) in [4.78, 5) is 6.14. The third kappa shape index (κ3) is 3.00. The quantitative estimate of drug-likeness (QED) is 0.830. The van der Waals surface area contributed by atoms with Gasteiger partial charge in [-0.25, -0.2) is 18.1 Å². The predicted molar refractivity (Wildman–Crippen MR) is 72.1 cm³/mol. The number of nitrogens with two attached hydrogens (primary N) is 1. The molecule has 2 heterocycles. The fraction of sp³-hybridized carbons (Fsp3) is 0.700. The molecule has 1 unspecified atom stereocenters. The highest BCUT2D eigenvalue weighted by atomic mass is 32.2. The summed E-state index contributed by atoms with van der Waals surface area (Å²) < 4.78 is 27.1. The van der Waals surface area contributed by atoms with E-state index in [1.165, 1.54) is 0 Å². The van der Waals surface area contributed by atoms with Gasteiger partial charge in [-0.1, -0.05) is 11.3 Å². The van der Waals surface area contributed by atoms with Gasteiger partial charge in [0, 0.05) is 13.1 Å². The molecule has 3 N–H and O–H groups in total. The Balaban J connectivity index is 2.02. The molecule has 1 aliphatic heterocycles. The fourth-order valence-corrected chi connectivity index (χ4v) is 4.60. The summed E-state index contributed by atoms with van der Waals surface area (Å²) in [5.74, 6) is 0.385. The van der Waals surface area contributed by atoms with Crippen molar-refractivity contribution in [3.05, 3.63) is 5.69 Å². The van der Waals surface area contributed by atoms with E-state index in [9.17, 15) is 8.42 Å². The van der Waals surface area contributed by atoms with Crippen molar-refractivity contribution in [2.75, 3.05) is 32.4 Å². The van der Waals surface area contributed by atoms with Crippen molar-refractivity contribution >= 4 is 26.5 Å². The minimum absolute atomic E-state index is 0.228. The van der Waals surface area contributed by atoms with Gasteiger partial charge in [-0.15, -0.1) is 0 Å². The summed E-state index contributed by atoms with van der Waals surface area (Å²) >= 11 is 1.01. The molecule has 0 bridgehead atoms. The van der Waals surface area contributed by atoms with Crippen LogP contribution in [0.2, 0.25) is 0 Å². The van der Waals surface area contributed by atoms with Crippen molar-refractivity contribution in [1.82, 2.24) is 14.6 Å². The molecule has 0 radical (unpaired) electrons. The zero-order chi connectivity index (χ0) is 13.3. The van der Waals surface area contributed by atoms with Crippen LogP contribution in [0.1, 0.15) is 12.1 Å². The molecule has 0 aliphatic carbocycles. The smallest absolute Gasteiger partial charge is 0.252 e. The summed E-state index contributed by atoms with van der Waals surface area (Å²) in [6.45, 7) is 4.10. The second-order valence-corrected chi connectivity index (χ2v) is 7.69. The maximum Gasteiger partial charge on any atom is 0.252 e. The normalized spacial score (nSPS) is 21.6. The first-order valence-electron chi connectivity index (χ1n) is 5.79. The van der Waals surface area contributed by atoms with Gasteiger partial charge < -0.3 is 10.6 Å². The molecule has 1 aromatic rings. The van der Waals surface area contributed by atoms with E-state index < -0.39 is 10.0 Å². The van der Waals surface area contributed by atoms with Gasteiger partial charge in [-0.05, 0) is 32.9 Å². The van der Waals surface area contributed by atoms with E-state index in [1.54, 1.807) is 6.92 Å². The lowest BCUT2D eigenvalue weighted by Gasteiger charge is -2.11. The van der Waals surface area contributed by atoms with Crippen molar-refractivity contribution in [2.45, 2.75) is 17.6 Å². The molecule has 1 saturated heterocycles. The molecular formula is C10H18N4O2S2. The second kappa shape index (κ2) is 5.12. The van der Waals surface area contributed by atoms with Crippen LogP contribution in [0.3, 0.4) is 0 Å². The van der Waals surface area contributed by atoms with E-state index >= 15 is 0 Å². The number of sulfonamides is 1. The lowest BCUT2D eigenvalue weighted by molar-refractivity contribution is 0.394. The highest BCUT2D eigenvalue weighted by molar-refractivity contribution is 7.91. The number of anilines is 1. The molecular weight excluding hydrogens is 272 g/mol. The number of likely N-dealkylation sites (tertiary alicyclic amines) is 1. The van der Waals surface area contributed by atoms with Crippen LogP contribution in [0.25, 0.3) is 0 Å². The predicted octanol–water partition coefficient (Wildman–Crippen LogP) is 0.264. The van der Waals surface area contributed by atoms with Crippen LogP contribution in [-0.2, 0) is 10.0 Å². The number of hydrogen-bond acceptors (Lipinski definition) is 6. The van der Waals surface area contributed by atoms with Crippen LogP contribution >= 0.6 is 11.3 Å². The van der Waals surface area contributed by atoms with E-state index in [0.717, 1.165) is 30.8 Å². The fourth-order valence-electron chi connectivity index (χ4n) is 2.14. The Bertz CT molecular complexity index is 526. The molecule has 1 aromatic heterocycles. The van der Waals surface area contributed by atoms with E-state index in [1.807, 2.05) is 7.05 Å². The van der Waals surface area contributed by atoms with Crippen molar-refractivity contribution in [2.24, 2.45) is 5.92 Å². The topological polar surface area (TPSA) is 88.3 Å². The molecule has 0 saturated carbocycles. The Hall–Kier alpha value is -0.700. The van der Waals surface area contributed by atoms with Crippen molar-refractivity contribution in [3.63, 3.8) is 0 Å². The Morgan fingerprint density at radius 1 is 1.61 bits per heavy atom. The van der Waals surface area contributed by atoms with E-state index in [-0.39, 0.29) is 9.34 Å². The van der Waals surface area contributed by atoms with Crippen molar-refractivity contribution in [3.8, 4) is 0 Å². The second-order valence-electron chi connectivity index (χ2n) is 4.69. The van der Waals surface area contributed by atoms with Crippen LogP contribution in [0.4, 0.5) is 5.13 Å². The minimum Gasteiger partial charge on any atom is -0.375 e. The number of nitrogens with zero attached hydrogens (tertiary/aromatic N) is 2. The molecule has 1 atom stereocenters. The maximum absolute atomic E-state index is 12.1. The zero-order valence-electron chi connectivity index (χ0n) is 10.5. The Labute approximate surface area is 111 Å². The van der Waals surface area contributed by atoms with Gasteiger partial charge in [0.2, 0.25) is 0 Å². The third-order valence-electron chi connectivity index (χ3n) is 3.07.